The molecule has 0 bridgehead atoms. The first kappa shape index (κ1) is 13.8. The van der Waals surface area contributed by atoms with Gasteiger partial charge in [-0.05, 0) is 26.0 Å². The summed E-state index contributed by atoms with van der Waals surface area (Å²) in [6.45, 7) is 4.60. The molecule has 0 N–H and O–H groups in total. The Morgan fingerprint density at radius 1 is 1.41 bits per heavy atom. The van der Waals surface area contributed by atoms with E-state index >= 15 is 0 Å². The van der Waals surface area contributed by atoms with Crippen LogP contribution in [0.3, 0.4) is 0 Å². The Morgan fingerprint density at radius 2 is 2.12 bits per heavy atom. The Balaban J connectivity index is 2.42. The van der Waals surface area contributed by atoms with Crippen LogP contribution in [0.25, 0.3) is 0 Å². The Labute approximate surface area is 101 Å². The highest BCUT2D eigenvalue weighted by atomic mass is 19.1. The van der Waals surface area contributed by atoms with Crippen molar-refractivity contribution in [2.45, 2.75) is 20.0 Å². The molecule has 94 valence electrons. The Kier molecular flexibility index (Phi) is 5.80. The van der Waals surface area contributed by atoms with Crippen molar-refractivity contribution in [3.05, 3.63) is 35.6 Å². The summed E-state index contributed by atoms with van der Waals surface area (Å²) in [5, 5.41) is 0. The second-order valence-corrected chi connectivity index (χ2v) is 3.68. The van der Waals surface area contributed by atoms with Crippen molar-refractivity contribution in [1.82, 2.24) is 0 Å². The molecule has 0 aliphatic carbocycles. The number of ether oxygens (including phenoxy) is 2. The molecule has 1 unspecified atom stereocenters. The molecule has 1 rings (SSSR count). The smallest absolute Gasteiger partial charge is 0.191 e. The molecule has 17 heavy (non-hydrogen) atoms. The largest absolute Gasteiger partial charge is 0.379 e. The van der Waals surface area contributed by atoms with Crippen LogP contribution in [-0.4, -0.2) is 31.7 Å². The van der Waals surface area contributed by atoms with Crippen LogP contribution in [0, 0.1) is 5.82 Å². The van der Waals surface area contributed by atoms with E-state index in [2.05, 4.69) is 0 Å². The van der Waals surface area contributed by atoms with Gasteiger partial charge in [-0.25, -0.2) is 4.39 Å². The number of carbonyl (C=O) groups is 1. The number of ketones is 1. The molecule has 0 heterocycles. The summed E-state index contributed by atoms with van der Waals surface area (Å²) >= 11 is 0. The zero-order valence-electron chi connectivity index (χ0n) is 10.1. The van der Waals surface area contributed by atoms with Gasteiger partial charge >= 0.3 is 0 Å². The lowest BCUT2D eigenvalue weighted by Crippen LogP contribution is -2.21. The number of halogens is 1. The Morgan fingerprint density at radius 3 is 2.76 bits per heavy atom. The van der Waals surface area contributed by atoms with Gasteiger partial charge in [-0.3, -0.25) is 4.79 Å². The minimum atomic E-state index is -0.515. The maximum Gasteiger partial charge on any atom is 0.191 e. The van der Waals surface area contributed by atoms with E-state index in [1.807, 2.05) is 13.8 Å². The molecule has 0 saturated carbocycles. The van der Waals surface area contributed by atoms with Crippen molar-refractivity contribution in [3.8, 4) is 0 Å². The summed E-state index contributed by atoms with van der Waals surface area (Å²) in [5.41, 5.74) is 0.0658. The van der Waals surface area contributed by atoms with Crippen LogP contribution in [0.5, 0.6) is 0 Å². The predicted octanol–water partition coefficient (Wildman–Crippen LogP) is 2.45. The first-order chi connectivity index (χ1) is 8.15. The van der Waals surface area contributed by atoms with E-state index in [0.717, 1.165) is 0 Å². The highest BCUT2D eigenvalue weighted by Gasteiger charge is 2.12. The van der Waals surface area contributed by atoms with Gasteiger partial charge in [0.05, 0.1) is 18.3 Å². The van der Waals surface area contributed by atoms with Crippen LogP contribution in [0.1, 0.15) is 24.2 Å². The number of benzene rings is 1. The molecule has 1 aromatic carbocycles. The fraction of sp³-hybridized carbons (Fsp3) is 0.462. The summed E-state index contributed by atoms with van der Waals surface area (Å²) < 4.78 is 23.7. The van der Waals surface area contributed by atoms with Crippen LogP contribution in [0.2, 0.25) is 0 Å². The molecule has 0 fully saturated rings. The average molecular weight is 240 g/mol. The van der Waals surface area contributed by atoms with Crippen molar-refractivity contribution >= 4 is 5.78 Å². The first-order valence-corrected chi connectivity index (χ1v) is 5.62. The molecule has 0 amide bonds. The van der Waals surface area contributed by atoms with Crippen molar-refractivity contribution in [2.75, 3.05) is 19.8 Å². The molecule has 0 saturated heterocycles. The quantitative estimate of drug-likeness (QED) is 0.687. The Hall–Kier alpha value is -1.26. The summed E-state index contributed by atoms with van der Waals surface area (Å²) in [7, 11) is 0. The molecule has 0 aliphatic heterocycles. The molecule has 0 aliphatic rings. The monoisotopic (exact) mass is 240 g/mol. The van der Waals surface area contributed by atoms with Crippen molar-refractivity contribution in [3.63, 3.8) is 0 Å². The van der Waals surface area contributed by atoms with E-state index in [9.17, 15) is 9.18 Å². The normalized spacial score (nSPS) is 12.4. The minimum Gasteiger partial charge on any atom is -0.379 e. The second-order valence-electron chi connectivity index (χ2n) is 3.68. The number of carbonyl (C=O) groups excluding carboxylic acids is 1. The highest BCUT2D eigenvalue weighted by molar-refractivity contribution is 5.97. The van der Waals surface area contributed by atoms with Gasteiger partial charge < -0.3 is 9.47 Å². The van der Waals surface area contributed by atoms with Gasteiger partial charge in [0.15, 0.2) is 5.78 Å². The van der Waals surface area contributed by atoms with Gasteiger partial charge in [-0.15, -0.1) is 0 Å². The molecule has 0 aromatic heterocycles. The number of hydrogen-bond acceptors (Lipinski definition) is 3. The summed E-state index contributed by atoms with van der Waals surface area (Å²) in [4.78, 5) is 11.6. The van der Waals surface area contributed by atoms with Gasteiger partial charge in [0.25, 0.3) is 0 Å². The van der Waals surface area contributed by atoms with Crippen LogP contribution < -0.4 is 0 Å². The molecule has 4 heteroatoms. The van der Waals surface area contributed by atoms with Crippen LogP contribution in [-0.2, 0) is 9.47 Å². The fourth-order valence-electron chi connectivity index (χ4n) is 1.31. The SMILES string of the molecule is CCOCC(C)OCC(=O)c1ccccc1F. The second kappa shape index (κ2) is 7.14. The minimum absolute atomic E-state index is 0.0658. The topological polar surface area (TPSA) is 35.5 Å². The molecular formula is C13H17FO3. The Bertz CT molecular complexity index is 365. The highest BCUT2D eigenvalue weighted by Crippen LogP contribution is 2.07. The zero-order valence-corrected chi connectivity index (χ0v) is 10.1. The average Bonchev–Trinajstić information content (AvgIpc) is 2.34. The molecular weight excluding hydrogens is 223 g/mol. The predicted molar refractivity (Wildman–Crippen MR) is 62.6 cm³/mol. The third-order valence-electron chi connectivity index (χ3n) is 2.23. The first-order valence-electron chi connectivity index (χ1n) is 5.62. The fourth-order valence-corrected chi connectivity index (χ4v) is 1.31. The van der Waals surface area contributed by atoms with Crippen molar-refractivity contribution < 1.29 is 18.7 Å². The summed E-state index contributed by atoms with van der Waals surface area (Å²) in [6.07, 6.45) is -0.175. The van der Waals surface area contributed by atoms with Crippen molar-refractivity contribution in [2.24, 2.45) is 0 Å². The van der Waals surface area contributed by atoms with E-state index in [1.54, 1.807) is 12.1 Å². The van der Waals surface area contributed by atoms with Gasteiger partial charge in [0.2, 0.25) is 0 Å². The number of hydrogen-bond donors (Lipinski definition) is 0. The van der Waals surface area contributed by atoms with Crippen LogP contribution in [0.15, 0.2) is 24.3 Å². The van der Waals surface area contributed by atoms with E-state index < -0.39 is 5.82 Å². The number of rotatable bonds is 7. The molecule has 0 spiro atoms. The lowest BCUT2D eigenvalue weighted by Gasteiger charge is -2.12. The van der Waals surface area contributed by atoms with Gasteiger partial charge in [0.1, 0.15) is 12.4 Å². The van der Waals surface area contributed by atoms with E-state index in [0.29, 0.717) is 13.2 Å². The van der Waals surface area contributed by atoms with E-state index in [1.165, 1.54) is 12.1 Å². The molecule has 3 nitrogen and oxygen atoms in total. The maximum atomic E-state index is 13.3. The van der Waals surface area contributed by atoms with E-state index in [4.69, 9.17) is 9.47 Å². The lowest BCUT2D eigenvalue weighted by molar-refractivity contribution is 0.00105. The molecule has 1 atom stereocenters. The van der Waals surface area contributed by atoms with Crippen LogP contribution in [0.4, 0.5) is 4.39 Å². The van der Waals surface area contributed by atoms with E-state index in [-0.39, 0.29) is 24.1 Å². The molecule has 0 radical (unpaired) electrons. The van der Waals surface area contributed by atoms with Crippen molar-refractivity contribution in [1.29, 1.82) is 0 Å². The van der Waals surface area contributed by atoms with Crippen LogP contribution >= 0.6 is 0 Å². The van der Waals surface area contributed by atoms with Gasteiger partial charge in [-0.2, -0.15) is 0 Å². The zero-order chi connectivity index (χ0) is 12.7. The maximum absolute atomic E-state index is 13.3. The third kappa shape index (κ3) is 4.63. The summed E-state index contributed by atoms with van der Waals surface area (Å²) in [6, 6.07) is 5.88. The number of Topliss-reactive ketones (excluding diaryl/α,β-unsaturated/α-hetero) is 1. The van der Waals surface area contributed by atoms with Gasteiger partial charge in [-0.1, -0.05) is 12.1 Å². The lowest BCUT2D eigenvalue weighted by atomic mass is 10.1. The third-order valence-corrected chi connectivity index (χ3v) is 2.23. The van der Waals surface area contributed by atoms with Gasteiger partial charge in [0, 0.05) is 6.61 Å². The standard InChI is InChI=1S/C13H17FO3/c1-3-16-8-10(2)17-9-13(15)11-6-4-5-7-12(11)14/h4-7,10H,3,8-9H2,1-2H3. The molecule has 1 aromatic rings. The summed E-state index contributed by atoms with van der Waals surface area (Å²) in [5.74, 6) is -0.870.